The molecule has 0 bridgehead atoms. The molecule has 3 heterocycles. The molecule has 0 spiro atoms. The van der Waals surface area contributed by atoms with Crippen molar-refractivity contribution in [3.63, 3.8) is 0 Å². The maximum Gasteiger partial charge on any atom is 0.252 e. The molecular formula is C12H16N2O3S2. The number of carbonyl (C=O) groups excluding carboxylic acids is 1. The number of hydrogen-bond donors (Lipinski definition) is 0. The number of thiophene rings is 1. The lowest BCUT2D eigenvalue weighted by Gasteiger charge is -2.36. The summed E-state index contributed by atoms with van der Waals surface area (Å²) < 4.78 is 27.1. The van der Waals surface area contributed by atoms with Crippen molar-refractivity contribution in [2.24, 2.45) is 0 Å². The molecule has 2 aliphatic rings. The second-order valence-electron chi connectivity index (χ2n) is 5.01. The summed E-state index contributed by atoms with van der Waals surface area (Å²) in [7, 11) is -1.61. The maximum atomic E-state index is 12.6. The molecule has 3 rings (SSSR count). The van der Waals surface area contributed by atoms with Crippen molar-refractivity contribution in [3.8, 4) is 0 Å². The monoisotopic (exact) mass is 300 g/mol. The number of carbonyl (C=O) groups is 1. The number of hydrogen-bond acceptors (Lipinski definition) is 4. The molecule has 104 valence electrons. The van der Waals surface area contributed by atoms with Crippen LogP contribution in [0.15, 0.2) is 21.7 Å². The maximum absolute atomic E-state index is 12.6. The molecule has 7 heteroatoms. The van der Waals surface area contributed by atoms with Crippen LogP contribution in [0, 0.1) is 0 Å². The van der Waals surface area contributed by atoms with Crippen LogP contribution in [0.5, 0.6) is 0 Å². The van der Waals surface area contributed by atoms with Crippen LogP contribution in [0.2, 0.25) is 0 Å². The fourth-order valence-corrected chi connectivity index (χ4v) is 5.87. The van der Waals surface area contributed by atoms with Crippen molar-refractivity contribution in [3.05, 3.63) is 17.5 Å². The Morgan fingerprint density at radius 2 is 2.11 bits per heavy atom. The van der Waals surface area contributed by atoms with Crippen molar-refractivity contribution >= 4 is 27.3 Å². The first-order chi connectivity index (χ1) is 9.01. The van der Waals surface area contributed by atoms with Crippen LogP contribution in [0.25, 0.3) is 0 Å². The number of sulfonamides is 1. The topological polar surface area (TPSA) is 57.7 Å². The lowest BCUT2D eigenvalue weighted by Crippen LogP contribution is -2.51. The van der Waals surface area contributed by atoms with Gasteiger partial charge in [0.1, 0.15) is 4.21 Å². The number of piperidine rings is 1. The van der Waals surface area contributed by atoms with Crippen molar-refractivity contribution in [2.75, 3.05) is 13.6 Å². The Labute approximate surface area is 116 Å². The van der Waals surface area contributed by atoms with Gasteiger partial charge in [0, 0.05) is 32.1 Å². The summed E-state index contributed by atoms with van der Waals surface area (Å²) in [6.45, 7) is 0.507. The van der Waals surface area contributed by atoms with Gasteiger partial charge in [-0.25, -0.2) is 8.42 Å². The van der Waals surface area contributed by atoms with E-state index in [0.717, 1.165) is 6.42 Å². The molecule has 2 fully saturated rings. The number of likely N-dealkylation sites (tertiary alicyclic amines) is 1. The molecule has 0 aromatic carbocycles. The Morgan fingerprint density at radius 3 is 2.79 bits per heavy atom. The first-order valence-electron chi connectivity index (χ1n) is 6.33. The van der Waals surface area contributed by atoms with Gasteiger partial charge in [0.15, 0.2) is 0 Å². The minimum atomic E-state index is -3.39. The first-order valence-corrected chi connectivity index (χ1v) is 8.65. The van der Waals surface area contributed by atoms with Gasteiger partial charge in [0.25, 0.3) is 10.0 Å². The van der Waals surface area contributed by atoms with Gasteiger partial charge >= 0.3 is 0 Å². The van der Waals surface area contributed by atoms with E-state index in [1.54, 1.807) is 33.8 Å². The minimum Gasteiger partial charge on any atom is -0.341 e. The Morgan fingerprint density at radius 1 is 1.32 bits per heavy atom. The van der Waals surface area contributed by atoms with E-state index >= 15 is 0 Å². The second-order valence-corrected chi connectivity index (χ2v) is 8.08. The van der Waals surface area contributed by atoms with Crippen molar-refractivity contribution in [2.45, 2.75) is 35.6 Å². The smallest absolute Gasteiger partial charge is 0.252 e. The molecule has 2 aliphatic heterocycles. The summed E-state index contributed by atoms with van der Waals surface area (Å²) in [5.41, 5.74) is 0. The fourth-order valence-electron chi connectivity index (χ4n) is 3.05. The normalized spacial score (nSPS) is 28.7. The van der Waals surface area contributed by atoms with Crippen molar-refractivity contribution < 1.29 is 13.2 Å². The van der Waals surface area contributed by atoms with Crippen molar-refractivity contribution in [1.82, 2.24) is 9.21 Å². The quantitative estimate of drug-likeness (QED) is 0.823. The molecule has 0 radical (unpaired) electrons. The number of fused-ring (bicyclic) bond motifs is 1. The molecule has 2 atom stereocenters. The van der Waals surface area contributed by atoms with Crippen LogP contribution in [-0.2, 0) is 14.8 Å². The molecule has 5 nitrogen and oxygen atoms in total. The highest BCUT2D eigenvalue weighted by Gasteiger charge is 2.46. The minimum absolute atomic E-state index is 0.0380. The molecular weight excluding hydrogens is 284 g/mol. The van der Waals surface area contributed by atoms with Crippen LogP contribution >= 0.6 is 11.3 Å². The van der Waals surface area contributed by atoms with Crippen LogP contribution < -0.4 is 0 Å². The van der Waals surface area contributed by atoms with Gasteiger partial charge < -0.3 is 4.90 Å². The third kappa shape index (κ3) is 2.00. The fraction of sp³-hybridized carbons (Fsp3) is 0.583. The average Bonchev–Trinajstić information content (AvgIpc) is 3.02. The van der Waals surface area contributed by atoms with E-state index in [4.69, 9.17) is 0 Å². The lowest BCUT2D eigenvalue weighted by atomic mass is 9.98. The van der Waals surface area contributed by atoms with Gasteiger partial charge in [-0.15, -0.1) is 11.3 Å². The molecule has 1 aromatic rings. The van der Waals surface area contributed by atoms with Gasteiger partial charge in [-0.3, -0.25) is 4.79 Å². The Hall–Kier alpha value is -0.920. The highest BCUT2D eigenvalue weighted by atomic mass is 32.2. The van der Waals surface area contributed by atoms with E-state index in [-0.39, 0.29) is 18.0 Å². The van der Waals surface area contributed by atoms with E-state index in [2.05, 4.69) is 0 Å². The lowest BCUT2D eigenvalue weighted by molar-refractivity contribution is -0.135. The molecule has 0 saturated carbocycles. The van der Waals surface area contributed by atoms with E-state index in [1.807, 2.05) is 0 Å². The highest BCUT2D eigenvalue weighted by Crippen LogP contribution is 2.35. The van der Waals surface area contributed by atoms with Gasteiger partial charge in [-0.05, 0) is 24.3 Å². The highest BCUT2D eigenvalue weighted by molar-refractivity contribution is 7.91. The number of rotatable bonds is 2. The summed E-state index contributed by atoms with van der Waals surface area (Å²) in [4.78, 5) is 13.4. The third-order valence-electron chi connectivity index (χ3n) is 4.06. The number of nitrogens with zero attached hydrogens (tertiary/aromatic N) is 2. The van der Waals surface area contributed by atoms with Gasteiger partial charge in [0.05, 0.1) is 0 Å². The second kappa shape index (κ2) is 4.57. The molecule has 0 unspecified atom stereocenters. The third-order valence-corrected chi connectivity index (χ3v) is 7.36. The molecule has 1 amide bonds. The number of likely N-dealkylation sites (N-methyl/N-ethyl adjacent to an activating group) is 1. The Bertz CT molecular complexity index is 582. The first kappa shape index (κ1) is 13.1. The molecule has 2 saturated heterocycles. The van der Waals surface area contributed by atoms with Crippen molar-refractivity contribution in [1.29, 1.82) is 0 Å². The summed E-state index contributed by atoms with van der Waals surface area (Å²) >= 11 is 1.25. The molecule has 1 aromatic heterocycles. The summed E-state index contributed by atoms with van der Waals surface area (Å²) in [5, 5.41) is 1.77. The van der Waals surface area contributed by atoms with Crippen LogP contribution in [-0.4, -0.2) is 49.2 Å². The number of amides is 1. The van der Waals surface area contributed by atoms with Gasteiger partial charge in [-0.2, -0.15) is 4.31 Å². The van der Waals surface area contributed by atoms with E-state index in [0.29, 0.717) is 23.6 Å². The predicted molar refractivity (Wildman–Crippen MR) is 72.4 cm³/mol. The zero-order valence-electron chi connectivity index (χ0n) is 10.7. The zero-order chi connectivity index (χ0) is 13.6. The molecule has 19 heavy (non-hydrogen) atoms. The van der Waals surface area contributed by atoms with Crippen LogP contribution in [0.4, 0.5) is 0 Å². The van der Waals surface area contributed by atoms with E-state index in [1.165, 1.54) is 11.3 Å². The Kier molecular flexibility index (Phi) is 3.15. The predicted octanol–water partition coefficient (Wildman–Crippen LogP) is 1.13. The summed E-state index contributed by atoms with van der Waals surface area (Å²) in [5.74, 6) is 0.122. The summed E-state index contributed by atoms with van der Waals surface area (Å²) in [6.07, 6.45) is 1.81. The largest absolute Gasteiger partial charge is 0.341 e. The van der Waals surface area contributed by atoms with Gasteiger partial charge in [0.2, 0.25) is 5.91 Å². The van der Waals surface area contributed by atoms with E-state index in [9.17, 15) is 13.2 Å². The Balaban J connectivity index is 1.90. The van der Waals surface area contributed by atoms with Crippen LogP contribution in [0.3, 0.4) is 0 Å². The SMILES string of the molecule is CN1C(=O)CC[C@@H]2[C@H]1CCN2S(=O)(=O)c1cccs1. The molecule has 0 N–H and O–H groups in total. The average molecular weight is 300 g/mol. The van der Waals surface area contributed by atoms with E-state index < -0.39 is 10.0 Å². The standard InChI is InChI=1S/C12H16N2O3S2/c1-13-9-6-7-14(10(9)4-5-11(13)15)19(16,17)12-3-2-8-18-12/h2-3,8-10H,4-7H2,1H3/t9-,10-/m1/s1. The van der Waals surface area contributed by atoms with Crippen LogP contribution in [0.1, 0.15) is 19.3 Å². The molecule has 0 aliphatic carbocycles. The summed E-state index contributed by atoms with van der Waals surface area (Å²) in [6, 6.07) is 3.37. The zero-order valence-corrected chi connectivity index (χ0v) is 12.3. The van der Waals surface area contributed by atoms with Gasteiger partial charge in [-0.1, -0.05) is 6.07 Å².